The zero-order chi connectivity index (χ0) is 17.2. The molecule has 0 aliphatic carbocycles. The van der Waals surface area contributed by atoms with Crippen LogP contribution in [0.4, 0.5) is 10.8 Å². The van der Waals surface area contributed by atoms with Gasteiger partial charge in [-0.05, 0) is 36.4 Å². The Hall–Kier alpha value is -2.73. The molecular weight excluding hydrogens is 344 g/mol. The van der Waals surface area contributed by atoms with E-state index in [-0.39, 0.29) is 4.90 Å². The van der Waals surface area contributed by atoms with Crippen LogP contribution in [0.1, 0.15) is 5.56 Å². The number of benzene rings is 2. The Bertz CT molecular complexity index is 1000. The molecule has 3 N–H and O–H groups in total. The van der Waals surface area contributed by atoms with Gasteiger partial charge in [-0.2, -0.15) is 5.26 Å². The minimum atomic E-state index is -3.69. The number of nitrogens with zero attached hydrogens (tertiary/aromatic N) is 2. The molecule has 120 valence electrons. The molecule has 0 aliphatic rings. The van der Waals surface area contributed by atoms with Crippen molar-refractivity contribution in [1.82, 2.24) is 4.98 Å². The maximum absolute atomic E-state index is 11.2. The first-order chi connectivity index (χ1) is 11.5. The van der Waals surface area contributed by atoms with Crippen molar-refractivity contribution in [3.05, 3.63) is 59.5 Å². The second-order valence-corrected chi connectivity index (χ2v) is 7.34. The van der Waals surface area contributed by atoms with Crippen molar-refractivity contribution in [2.24, 2.45) is 5.14 Å². The van der Waals surface area contributed by atoms with Gasteiger partial charge in [-0.15, -0.1) is 11.3 Å². The molecule has 3 aromatic rings. The molecule has 24 heavy (non-hydrogen) atoms. The molecule has 0 amide bonds. The van der Waals surface area contributed by atoms with E-state index in [4.69, 9.17) is 10.4 Å². The van der Waals surface area contributed by atoms with E-state index in [1.807, 2.05) is 17.5 Å². The van der Waals surface area contributed by atoms with Gasteiger partial charge in [0.25, 0.3) is 0 Å². The standard InChI is InChI=1S/C16H12N4O2S2/c17-9-11-1-3-12(4-2-11)15-10-23-16(20-15)19-13-5-7-14(8-6-13)24(18,21)22/h1-8,10H,(H,19,20)(H2,18,21,22). The van der Waals surface area contributed by atoms with Crippen LogP contribution in [0, 0.1) is 11.3 Å². The molecule has 0 bridgehead atoms. The van der Waals surface area contributed by atoms with Crippen LogP contribution in [-0.2, 0) is 10.0 Å². The fourth-order valence-corrected chi connectivity index (χ4v) is 3.29. The van der Waals surface area contributed by atoms with Gasteiger partial charge in [0, 0.05) is 16.6 Å². The summed E-state index contributed by atoms with van der Waals surface area (Å²) in [5.41, 5.74) is 3.03. The number of nitrogens with two attached hydrogens (primary N) is 1. The SMILES string of the molecule is N#Cc1ccc(-c2csc(Nc3ccc(S(N)(=O)=O)cc3)n2)cc1. The zero-order valence-electron chi connectivity index (χ0n) is 12.3. The highest BCUT2D eigenvalue weighted by Gasteiger charge is 2.08. The minimum Gasteiger partial charge on any atom is -0.332 e. The number of rotatable bonds is 4. The van der Waals surface area contributed by atoms with E-state index in [0.717, 1.165) is 11.3 Å². The summed E-state index contributed by atoms with van der Waals surface area (Å²) in [6, 6.07) is 15.4. The molecule has 0 saturated carbocycles. The fraction of sp³-hybridized carbons (Fsp3) is 0. The maximum Gasteiger partial charge on any atom is 0.238 e. The number of sulfonamides is 1. The summed E-state index contributed by atoms with van der Waals surface area (Å²) < 4.78 is 22.5. The molecule has 8 heteroatoms. The summed E-state index contributed by atoms with van der Waals surface area (Å²) in [6.45, 7) is 0. The van der Waals surface area contributed by atoms with E-state index in [1.54, 1.807) is 24.3 Å². The number of nitriles is 1. The fourth-order valence-electron chi connectivity index (χ4n) is 2.03. The van der Waals surface area contributed by atoms with Gasteiger partial charge in [-0.3, -0.25) is 0 Å². The topological polar surface area (TPSA) is 109 Å². The molecule has 3 rings (SSSR count). The molecular formula is C16H12N4O2S2. The van der Waals surface area contributed by atoms with Crippen molar-refractivity contribution in [2.75, 3.05) is 5.32 Å². The Kier molecular flexibility index (Phi) is 4.31. The van der Waals surface area contributed by atoms with Crippen molar-refractivity contribution in [3.8, 4) is 17.3 Å². The first-order valence-electron chi connectivity index (χ1n) is 6.82. The van der Waals surface area contributed by atoms with E-state index in [2.05, 4.69) is 16.4 Å². The molecule has 0 unspecified atom stereocenters. The first kappa shape index (κ1) is 16.1. The van der Waals surface area contributed by atoms with Crippen LogP contribution >= 0.6 is 11.3 Å². The predicted octanol–water partition coefficient (Wildman–Crippen LogP) is 3.07. The van der Waals surface area contributed by atoms with Crippen molar-refractivity contribution in [1.29, 1.82) is 5.26 Å². The molecule has 2 aromatic carbocycles. The molecule has 1 heterocycles. The van der Waals surface area contributed by atoms with Gasteiger partial charge in [0.1, 0.15) is 0 Å². The van der Waals surface area contributed by atoms with Gasteiger partial charge < -0.3 is 5.32 Å². The van der Waals surface area contributed by atoms with Crippen molar-refractivity contribution in [3.63, 3.8) is 0 Å². The van der Waals surface area contributed by atoms with Crippen LogP contribution in [-0.4, -0.2) is 13.4 Å². The lowest BCUT2D eigenvalue weighted by Gasteiger charge is -2.03. The van der Waals surface area contributed by atoms with Gasteiger partial charge in [-0.25, -0.2) is 18.5 Å². The van der Waals surface area contributed by atoms with Gasteiger partial charge in [-0.1, -0.05) is 12.1 Å². The van der Waals surface area contributed by atoms with Crippen LogP contribution < -0.4 is 10.5 Å². The molecule has 0 fully saturated rings. The molecule has 1 aromatic heterocycles. The molecule has 6 nitrogen and oxygen atoms in total. The number of nitrogens with one attached hydrogen (secondary N) is 1. The van der Waals surface area contributed by atoms with Crippen LogP contribution in [0.15, 0.2) is 58.8 Å². The number of hydrogen-bond donors (Lipinski definition) is 2. The highest BCUT2D eigenvalue weighted by atomic mass is 32.2. The summed E-state index contributed by atoms with van der Waals surface area (Å²) in [6.07, 6.45) is 0. The smallest absolute Gasteiger partial charge is 0.238 e. The zero-order valence-corrected chi connectivity index (χ0v) is 13.9. The van der Waals surface area contributed by atoms with Gasteiger partial charge in [0.05, 0.1) is 22.2 Å². The maximum atomic E-state index is 11.2. The molecule has 0 spiro atoms. The third-order valence-electron chi connectivity index (χ3n) is 3.25. The van der Waals surface area contributed by atoms with Crippen LogP contribution in [0.25, 0.3) is 11.3 Å². The molecule has 0 atom stereocenters. The van der Waals surface area contributed by atoms with Crippen LogP contribution in [0.5, 0.6) is 0 Å². The minimum absolute atomic E-state index is 0.0606. The summed E-state index contributed by atoms with van der Waals surface area (Å²) in [4.78, 5) is 4.54. The van der Waals surface area contributed by atoms with E-state index in [1.165, 1.54) is 23.5 Å². The third kappa shape index (κ3) is 3.60. The van der Waals surface area contributed by atoms with E-state index >= 15 is 0 Å². The lowest BCUT2D eigenvalue weighted by molar-refractivity contribution is 0.598. The molecule has 0 aliphatic heterocycles. The summed E-state index contributed by atoms with van der Waals surface area (Å²) in [7, 11) is -3.69. The number of aromatic nitrogens is 1. The number of primary sulfonamides is 1. The van der Waals surface area contributed by atoms with Crippen molar-refractivity contribution >= 4 is 32.2 Å². The van der Waals surface area contributed by atoms with E-state index in [9.17, 15) is 8.42 Å². The summed E-state index contributed by atoms with van der Waals surface area (Å²) >= 11 is 1.43. The number of thiazole rings is 1. The van der Waals surface area contributed by atoms with Crippen LogP contribution in [0.2, 0.25) is 0 Å². The molecule has 0 saturated heterocycles. The van der Waals surface area contributed by atoms with E-state index < -0.39 is 10.0 Å². The first-order valence-corrected chi connectivity index (χ1v) is 9.24. The van der Waals surface area contributed by atoms with Crippen LogP contribution in [0.3, 0.4) is 0 Å². The highest BCUT2D eigenvalue weighted by molar-refractivity contribution is 7.89. The van der Waals surface area contributed by atoms with Crippen molar-refractivity contribution < 1.29 is 8.42 Å². The lowest BCUT2D eigenvalue weighted by atomic mass is 10.1. The van der Waals surface area contributed by atoms with Gasteiger partial charge in [0.15, 0.2) is 5.13 Å². The monoisotopic (exact) mass is 356 g/mol. The Labute approximate surface area is 143 Å². The van der Waals surface area contributed by atoms with Gasteiger partial charge >= 0.3 is 0 Å². The average molecular weight is 356 g/mol. The Morgan fingerprint density at radius 3 is 2.33 bits per heavy atom. The summed E-state index contributed by atoms with van der Waals surface area (Å²) in [5, 5.41) is 19.6. The Morgan fingerprint density at radius 1 is 1.08 bits per heavy atom. The Morgan fingerprint density at radius 2 is 1.75 bits per heavy atom. The molecule has 0 radical (unpaired) electrons. The van der Waals surface area contributed by atoms with E-state index in [0.29, 0.717) is 16.4 Å². The lowest BCUT2D eigenvalue weighted by Crippen LogP contribution is -2.11. The number of anilines is 2. The Balaban J connectivity index is 1.77. The predicted molar refractivity (Wildman–Crippen MR) is 93.4 cm³/mol. The van der Waals surface area contributed by atoms with Gasteiger partial charge in [0.2, 0.25) is 10.0 Å². The second-order valence-electron chi connectivity index (χ2n) is 4.92. The highest BCUT2D eigenvalue weighted by Crippen LogP contribution is 2.27. The number of hydrogen-bond acceptors (Lipinski definition) is 6. The quantitative estimate of drug-likeness (QED) is 0.746. The van der Waals surface area contributed by atoms with Crippen molar-refractivity contribution in [2.45, 2.75) is 4.90 Å². The summed E-state index contributed by atoms with van der Waals surface area (Å²) in [5.74, 6) is 0. The largest absolute Gasteiger partial charge is 0.332 e. The third-order valence-corrected chi connectivity index (χ3v) is 4.94. The second kappa shape index (κ2) is 6.41. The average Bonchev–Trinajstić information content (AvgIpc) is 3.03. The normalized spacial score (nSPS) is 11.0.